The Morgan fingerprint density at radius 1 is 0.930 bits per heavy atom. The molecular weight excluding hydrogens is 555 g/mol. The monoisotopic (exact) mass is 587 g/mol. The number of nitrogens with zero attached hydrogens (tertiary/aromatic N) is 4. The highest BCUT2D eigenvalue weighted by Gasteiger charge is 2.21. The van der Waals surface area contributed by atoms with Crippen LogP contribution in [0.5, 0.6) is 5.75 Å². The molecule has 2 aromatic heterocycles. The highest BCUT2D eigenvalue weighted by atomic mass is 19.1. The van der Waals surface area contributed by atoms with E-state index in [2.05, 4.69) is 31.1 Å². The van der Waals surface area contributed by atoms with Gasteiger partial charge in [-0.15, -0.1) is 10.2 Å². The number of nitrogens with one attached hydrogen (secondary N) is 4. The number of hydrogen-bond donors (Lipinski definition) is 4. The molecule has 1 aliphatic rings. The van der Waals surface area contributed by atoms with Crippen LogP contribution in [0.4, 0.5) is 33.1 Å². The Labute approximate surface area is 250 Å². The molecule has 0 unspecified atom stereocenters. The lowest BCUT2D eigenvalue weighted by Crippen LogP contribution is -2.27. The number of anilines is 5. The molecule has 4 aromatic rings. The largest absolute Gasteiger partial charge is 0.494 e. The predicted octanol–water partition coefficient (Wildman–Crippen LogP) is 4.35. The van der Waals surface area contributed by atoms with E-state index in [1.54, 1.807) is 41.3 Å². The van der Waals surface area contributed by atoms with Crippen molar-refractivity contribution < 1.29 is 27.6 Å². The summed E-state index contributed by atoms with van der Waals surface area (Å²) in [6.45, 7) is -1.35. The van der Waals surface area contributed by atoms with Crippen molar-refractivity contribution in [2.45, 2.75) is 12.8 Å². The van der Waals surface area contributed by atoms with E-state index in [0.29, 0.717) is 11.3 Å². The lowest BCUT2D eigenvalue weighted by atomic mass is 10.1. The molecule has 3 heterocycles. The molecule has 0 radical (unpaired) electrons. The van der Waals surface area contributed by atoms with Crippen molar-refractivity contribution in [2.75, 3.05) is 43.1 Å². The third-order valence-electron chi connectivity index (χ3n) is 6.62. The maximum absolute atomic E-state index is 13.4. The zero-order valence-electron chi connectivity index (χ0n) is 26.0. The van der Waals surface area contributed by atoms with Crippen molar-refractivity contribution in [1.29, 1.82) is 0 Å². The third kappa shape index (κ3) is 6.67. The average molecular weight is 588 g/mol. The summed E-state index contributed by atoms with van der Waals surface area (Å²) in [7, 11) is 1.36. The Balaban J connectivity index is 1.40. The Kier molecular flexibility index (Phi) is 7.56. The first-order valence-corrected chi connectivity index (χ1v) is 13.2. The zero-order chi connectivity index (χ0) is 32.8. The molecule has 1 aliphatic heterocycles. The molecule has 5 rings (SSSR count). The predicted molar refractivity (Wildman–Crippen MR) is 159 cm³/mol. The van der Waals surface area contributed by atoms with Crippen molar-refractivity contribution in [3.8, 4) is 5.75 Å². The molecule has 220 valence electrons. The van der Waals surface area contributed by atoms with Crippen molar-refractivity contribution in [1.82, 2.24) is 25.4 Å². The van der Waals surface area contributed by atoms with Gasteiger partial charge in [0.25, 0.3) is 17.7 Å². The molecule has 1 fully saturated rings. The van der Waals surface area contributed by atoms with Gasteiger partial charge in [-0.2, -0.15) is 0 Å². The molecule has 0 aliphatic carbocycles. The van der Waals surface area contributed by atoms with Crippen LogP contribution in [0.3, 0.4) is 0 Å². The Bertz CT molecular complexity index is 1750. The van der Waals surface area contributed by atoms with Gasteiger partial charge in [0.1, 0.15) is 11.6 Å². The number of aromatic nitrogens is 3. The van der Waals surface area contributed by atoms with E-state index < -0.39 is 24.6 Å². The maximum atomic E-state index is 13.4. The molecular formula is C30H29FN8O4. The van der Waals surface area contributed by atoms with Gasteiger partial charge in [0.05, 0.1) is 30.2 Å². The Morgan fingerprint density at radius 2 is 1.72 bits per heavy atom. The van der Waals surface area contributed by atoms with Gasteiger partial charge in [-0.05, 0) is 61.4 Å². The lowest BCUT2D eigenvalue weighted by Gasteiger charge is -2.17. The van der Waals surface area contributed by atoms with Gasteiger partial charge in [-0.3, -0.25) is 14.4 Å². The van der Waals surface area contributed by atoms with E-state index in [1.165, 1.54) is 31.4 Å². The third-order valence-corrected chi connectivity index (χ3v) is 6.62. The van der Waals surface area contributed by atoms with Gasteiger partial charge >= 0.3 is 0 Å². The van der Waals surface area contributed by atoms with Crippen LogP contribution in [0.25, 0.3) is 0 Å². The number of hydrogen-bond acceptors (Lipinski definition) is 9. The summed E-state index contributed by atoms with van der Waals surface area (Å²) in [5.74, 6) is -1.73. The maximum Gasteiger partial charge on any atom is 0.273 e. The number of halogens is 1. The number of amides is 3. The molecule has 3 amide bonds. The van der Waals surface area contributed by atoms with Gasteiger partial charge < -0.3 is 30.9 Å². The van der Waals surface area contributed by atoms with E-state index in [1.807, 2.05) is 5.32 Å². The van der Waals surface area contributed by atoms with E-state index in [0.717, 1.165) is 32.1 Å². The molecule has 0 bridgehead atoms. The second kappa shape index (κ2) is 12.9. The first-order valence-electron chi connectivity index (χ1n) is 14.7. The van der Waals surface area contributed by atoms with E-state index in [9.17, 15) is 18.8 Å². The van der Waals surface area contributed by atoms with Crippen LogP contribution in [-0.2, 0) is 0 Å². The molecule has 0 spiro atoms. The van der Waals surface area contributed by atoms with Crippen molar-refractivity contribution in [3.63, 3.8) is 0 Å². The number of carbonyl (C=O) groups excluding carboxylic acids is 3. The quantitative estimate of drug-likeness (QED) is 0.224. The van der Waals surface area contributed by atoms with Crippen molar-refractivity contribution >= 4 is 46.4 Å². The molecule has 12 nitrogen and oxygen atoms in total. The first kappa shape index (κ1) is 25.1. The summed E-state index contributed by atoms with van der Waals surface area (Å²) >= 11 is 0. The van der Waals surface area contributed by atoms with Gasteiger partial charge in [0, 0.05) is 41.5 Å². The summed E-state index contributed by atoms with van der Waals surface area (Å²) in [6.07, 6.45) is 2.96. The average Bonchev–Trinajstić information content (AvgIpc) is 3.57. The van der Waals surface area contributed by atoms with E-state index in [-0.39, 0.29) is 45.9 Å². The topological polar surface area (TPSA) is 150 Å². The van der Waals surface area contributed by atoms with Crippen LogP contribution in [0.1, 0.15) is 48.2 Å². The molecule has 4 N–H and O–H groups in total. The summed E-state index contributed by atoms with van der Waals surface area (Å²) in [5.41, 5.74) is 0.995. The summed E-state index contributed by atoms with van der Waals surface area (Å²) < 4.78 is 41.1. The number of rotatable bonds is 9. The number of likely N-dealkylation sites (tertiary alicyclic amines) is 1. The highest BCUT2D eigenvalue weighted by Crippen LogP contribution is 2.33. The summed E-state index contributed by atoms with van der Waals surface area (Å²) in [6, 6.07) is 15.2. The number of para-hydroxylation sites is 1. The van der Waals surface area contributed by atoms with E-state index in [4.69, 9.17) is 8.85 Å². The van der Waals surface area contributed by atoms with Crippen LogP contribution < -0.4 is 26.0 Å². The minimum absolute atomic E-state index is 0.00970. The van der Waals surface area contributed by atoms with Crippen LogP contribution >= 0.6 is 0 Å². The fourth-order valence-electron chi connectivity index (χ4n) is 4.53. The van der Waals surface area contributed by atoms with Gasteiger partial charge in [0.15, 0.2) is 17.3 Å². The molecule has 43 heavy (non-hydrogen) atoms. The molecule has 0 atom stereocenters. The SMILES string of the molecule is [2H]C([2H])([2H])NC(=O)c1nnc(Nc2ccc(F)cn2)cc1Nc1cccc(C(=O)Nc2ccc(C(=O)N3CCCC3)cc2)c1OC. The van der Waals surface area contributed by atoms with Crippen LogP contribution in [0.2, 0.25) is 0 Å². The normalized spacial score (nSPS) is 13.7. The second-order valence-corrected chi connectivity index (χ2v) is 9.47. The van der Waals surface area contributed by atoms with Gasteiger partial charge in [-0.25, -0.2) is 9.37 Å². The summed E-state index contributed by atoms with van der Waals surface area (Å²) in [4.78, 5) is 44.6. The van der Waals surface area contributed by atoms with Crippen LogP contribution in [0, 0.1) is 5.82 Å². The minimum Gasteiger partial charge on any atom is -0.494 e. The fraction of sp³-hybridized carbons (Fsp3) is 0.200. The van der Waals surface area contributed by atoms with E-state index >= 15 is 0 Å². The smallest absolute Gasteiger partial charge is 0.273 e. The number of methoxy groups -OCH3 is 1. The number of ether oxygens (including phenoxy) is 1. The number of carbonyl (C=O) groups is 3. The highest BCUT2D eigenvalue weighted by molar-refractivity contribution is 6.08. The zero-order valence-corrected chi connectivity index (χ0v) is 23.0. The fourth-order valence-corrected chi connectivity index (χ4v) is 4.53. The minimum atomic E-state index is -2.81. The van der Waals surface area contributed by atoms with Crippen LogP contribution in [0.15, 0.2) is 66.9 Å². The first-order chi connectivity index (χ1) is 22.0. The molecule has 2 aromatic carbocycles. The van der Waals surface area contributed by atoms with Gasteiger partial charge in [0.2, 0.25) is 0 Å². The second-order valence-electron chi connectivity index (χ2n) is 9.47. The number of pyridine rings is 1. The summed E-state index contributed by atoms with van der Waals surface area (Å²) in [5, 5.41) is 18.3. The van der Waals surface area contributed by atoms with Gasteiger partial charge in [-0.1, -0.05) is 6.07 Å². The molecule has 0 saturated carbocycles. The van der Waals surface area contributed by atoms with Crippen molar-refractivity contribution in [2.24, 2.45) is 0 Å². The van der Waals surface area contributed by atoms with Crippen LogP contribution in [-0.4, -0.2) is 65.0 Å². The Hall–Kier alpha value is -5.59. The molecule has 13 heteroatoms. The molecule has 1 saturated heterocycles. The standard InChI is InChI=1S/C30H29FN8O4/c1-32-29(41)26-23(16-25(37-38-26)36-24-13-10-19(31)17-33-24)35-22-7-5-6-21(27(22)43-2)28(40)34-20-11-8-18(9-12-20)30(42)39-14-3-4-15-39/h5-13,16-17H,3-4,14-15H2,1-2H3,(H,32,41)(H,34,40)(H2,33,35,36,37)/i1D3. The Morgan fingerprint density at radius 3 is 2.42 bits per heavy atom. The lowest BCUT2D eigenvalue weighted by molar-refractivity contribution is 0.0792. The van der Waals surface area contributed by atoms with Crippen molar-refractivity contribution in [3.05, 3.63) is 89.5 Å². The number of benzene rings is 2.